The molecule has 2 atom stereocenters. The molecule has 0 heterocycles. The fraction of sp³-hybridized carbons (Fsp3) is 0.462. The molecule has 0 fully saturated rings. The van der Waals surface area contributed by atoms with Crippen LogP contribution in [0.4, 0.5) is 0 Å². The Morgan fingerprint density at radius 1 is 1.35 bits per heavy atom. The van der Waals surface area contributed by atoms with E-state index < -0.39 is 18.0 Å². The number of methoxy groups -OCH3 is 1. The van der Waals surface area contributed by atoms with E-state index in [2.05, 4.69) is 4.74 Å². The number of ether oxygens (including phenoxy) is 2. The van der Waals surface area contributed by atoms with Gasteiger partial charge in [-0.25, -0.2) is 0 Å². The zero-order chi connectivity index (χ0) is 12.7. The van der Waals surface area contributed by atoms with E-state index in [9.17, 15) is 9.90 Å². The molecule has 1 N–H and O–H groups in total. The summed E-state index contributed by atoms with van der Waals surface area (Å²) < 4.78 is 9.88. The van der Waals surface area contributed by atoms with Crippen LogP contribution in [0.25, 0.3) is 0 Å². The molecule has 0 spiro atoms. The molecule has 0 aliphatic rings. The lowest BCUT2D eigenvalue weighted by Gasteiger charge is -2.16. The minimum absolute atomic E-state index is 0.116. The molecule has 0 saturated carbocycles. The molecule has 1 aromatic carbocycles. The number of benzene rings is 1. The van der Waals surface area contributed by atoms with Gasteiger partial charge in [0, 0.05) is 0 Å². The van der Waals surface area contributed by atoms with Crippen molar-refractivity contribution in [2.24, 2.45) is 5.92 Å². The first kappa shape index (κ1) is 13.7. The van der Waals surface area contributed by atoms with Gasteiger partial charge >= 0.3 is 5.97 Å². The maximum absolute atomic E-state index is 11.1. The van der Waals surface area contributed by atoms with Crippen LogP contribution in [-0.4, -0.2) is 30.9 Å². The Balaban J connectivity index is 2.29. The third-order valence-electron chi connectivity index (χ3n) is 2.55. The Morgan fingerprint density at radius 2 is 2.00 bits per heavy atom. The van der Waals surface area contributed by atoms with Gasteiger partial charge in [0.15, 0.2) is 0 Å². The van der Waals surface area contributed by atoms with Crippen molar-refractivity contribution in [1.82, 2.24) is 0 Å². The van der Waals surface area contributed by atoms with Crippen LogP contribution in [0.15, 0.2) is 30.3 Å². The summed E-state index contributed by atoms with van der Waals surface area (Å²) in [6.07, 6.45) is -0.842. The molecule has 0 aliphatic carbocycles. The smallest absolute Gasteiger partial charge is 0.311 e. The number of carbonyl (C=O) groups excluding carboxylic acids is 1. The van der Waals surface area contributed by atoms with Crippen molar-refractivity contribution in [3.63, 3.8) is 0 Å². The molecular weight excluding hydrogens is 220 g/mol. The molecule has 0 aliphatic heterocycles. The Labute approximate surface area is 101 Å². The van der Waals surface area contributed by atoms with E-state index in [1.807, 2.05) is 30.3 Å². The summed E-state index contributed by atoms with van der Waals surface area (Å²) in [5.74, 6) is -1.00. The Hall–Kier alpha value is -1.39. The Kier molecular flexibility index (Phi) is 5.66. The number of carbonyl (C=O) groups is 1. The van der Waals surface area contributed by atoms with Crippen LogP contribution < -0.4 is 0 Å². The summed E-state index contributed by atoms with van der Waals surface area (Å²) in [5.41, 5.74) is 1.03. The van der Waals surface area contributed by atoms with E-state index in [0.717, 1.165) is 5.56 Å². The number of hydrogen-bond donors (Lipinski definition) is 1. The molecule has 4 heteroatoms. The van der Waals surface area contributed by atoms with Crippen LogP contribution in [0, 0.1) is 5.92 Å². The number of aliphatic hydroxyl groups is 1. The monoisotopic (exact) mass is 238 g/mol. The highest BCUT2D eigenvalue weighted by atomic mass is 16.5. The van der Waals surface area contributed by atoms with Gasteiger partial charge < -0.3 is 14.6 Å². The van der Waals surface area contributed by atoms with Gasteiger partial charge in [-0.05, 0) is 12.5 Å². The van der Waals surface area contributed by atoms with Gasteiger partial charge in [-0.1, -0.05) is 30.3 Å². The first-order valence-electron chi connectivity index (χ1n) is 5.52. The van der Waals surface area contributed by atoms with Crippen molar-refractivity contribution in [3.8, 4) is 0 Å². The molecular formula is C13H18O4. The Bertz CT molecular complexity index is 337. The van der Waals surface area contributed by atoms with Crippen LogP contribution in [0.2, 0.25) is 0 Å². The average Bonchev–Trinajstić information content (AvgIpc) is 2.38. The highest BCUT2D eigenvalue weighted by Gasteiger charge is 2.22. The molecule has 1 rings (SSSR count). The number of rotatable bonds is 6. The van der Waals surface area contributed by atoms with Gasteiger partial charge in [0.1, 0.15) is 0 Å². The predicted molar refractivity (Wildman–Crippen MR) is 63.3 cm³/mol. The van der Waals surface area contributed by atoms with E-state index in [4.69, 9.17) is 4.74 Å². The SMILES string of the molecule is COC(=O)[C@@H](C)[C@H](O)COCc1ccccc1. The molecule has 0 radical (unpaired) electrons. The minimum atomic E-state index is -0.842. The van der Waals surface area contributed by atoms with Gasteiger partial charge in [0.05, 0.1) is 32.3 Å². The fourth-order valence-electron chi connectivity index (χ4n) is 1.36. The van der Waals surface area contributed by atoms with E-state index in [1.54, 1.807) is 6.92 Å². The number of esters is 1. The van der Waals surface area contributed by atoms with E-state index >= 15 is 0 Å². The van der Waals surface area contributed by atoms with Crippen LogP contribution >= 0.6 is 0 Å². The predicted octanol–water partition coefficient (Wildman–Crippen LogP) is 1.37. The highest BCUT2D eigenvalue weighted by molar-refractivity contribution is 5.72. The van der Waals surface area contributed by atoms with Crippen LogP contribution in [0.3, 0.4) is 0 Å². The summed E-state index contributed by atoms with van der Waals surface area (Å²) in [4.78, 5) is 11.1. The third-order valence-corrected chi connectivity index (χ3v) is 2.55. The van der Waals surface area contributed by atoms with Gasteiger partial charge in [-0.3, -0.25) is 4.79 Å². The second-order valence-corrected chi connectivity index (χ2v) is 3.88. The van der Waals surface area contributed by atoms with E-state index in [1.165, 1.54) is 7.11 Å². The quantitative estimate of drug-likeness (QED) is 0.761. The van der Waals surface area contributed by atoms with Crippen LogP contribution in [0.5, 0.6) is 0 Å². The molecule has 0 bridgehead atoms. The van der Waals surface area contributed by atoms with Crippen molar-refractivity contribution in [3.05, 3.63) is 35.9 Å². The zero-order valence-electron chi connectivity index (χ0n) is 10.1. The lowest BCUT2D eigenvalue weighted by Crippen LogP contribution is -2.30. The number of aliphatic hydroxyl groups excluding tert-OH is 1. The largest absolute Gasteiger partial charge is 0.469 e. The lowest BCUT2D eigenvalue weighted by molar-refractivity contribution is -0.150. The van der Waals surface area contributed by atoms with Gasteiger partial charge in [-0.2, -0.15) is 0 Å². The molecule has 4 nitrogen and oxygen atoms in total. The van der Waals surface area contributed by atoms with Crippen molar-refractivity contribution in [2.75, 3.05) is 13.7 Å². The third kappa shape index (κ3) is 4.54. The summed E-state index contributed by atoms with van der Waals surface area (Å²) in [6, 6.07) is 9.66. The van der Waals surface area contributed by atoms with Crippen LogP contribution in [-0.2, 0) is 20.9 Å². The maximum Gasteiger partial charge on any atom is 0.311 e. The van der Waals surface area contributed by atoms with Crippen molar-refractivity contribution >= 4 is 5.97 Å². The molecule has 17 heavy (non-hydrogen) atoms. The van der Waals surface area contributed by atoms with Gasteiger partial charge in [0.2, 0.25) is 0 Å². The minimum Gasteiger partial charge on any atom is -0.469 e. The topological polar surface area (TPSA) is 55.8 Å². The summed E-state index contributed by atoms with van der Waals surface area (Å²) in [5, 5.41) is 9.67. The summed E-state index contributed by atoms with van der Waals surface area (Å²) >= 11 is 0. The maximum atomic E-state index is 11.1. The summed E-state index contributed by atoms with van der Waals surface area (Å²) in [7, 11) is 1.30. The first-order valence-corrected chi connectivity index (χ1v) is 5.52. The van der Waals surface area contributed by atoms with Crippen molar-refractivity contribution in [2.45, 2.75) is 19.6 Å². The second-order valence-electron chi connectivity index (χ2n) is 3.88. The van der Waals surface area contributed by atoms with Gasteiger partial charge in [-0.15, -0.1) is 0 Å². The van der Waals surface area contributed by atoms with E-state index in [0.29, 0.717) is 6.61 Å². The summed E-state index contributed by atoms with van der Waals surface area (Å²) in [6.45, 7) is 2.15. The molecule has 94 valence electrons. The van der Waals surface area contributed by atoms with Crippen molar-refractivity contribution < 1.29 is 19.4 Å². The normalized spacial score (nSPS) is 14.1. The van der Waals surface area contributed by atoms with Gasteiger partial charge in [0.25, 0.3) is 0 Å². The van der Waals surface area contributed by atoms with Crippen molar-refractivity contribution in [1.29, 1.82) is 0 Å². The molecule has 0 unspecified atom stereocenters. The highest BCUT2D eigenvalue weighted by Crippen LogP contribution is 2.07. The average molecular weight is 238 g/mol. The second kappa shape index (κ2) is 7.04. The zero-order valence-corrected chi connectivity index (χ0v) is 10.1. The van der Waals surface area contributed by atoms with Crippen LogP contribution in [0.1, 0.15) is 12.5 Å². The van der Waals surface area contributed by atoms with E-state index in [-0.39, 0.29) is 6.61 Å². The molecule has 1 aromatic rings. The molecule has 0 amide bonds. The first-order chi connectivity index (χ1) is 8.15. The molecule has 0 aromatic heterocycles. The Morgan fingerprint density at radius 3 is 2.59 bits per heavy atom. The molecule has 0 saturated heterocycles. The lowest BCUT2D eigenvalue weighted by atomic mass is 10.1. The standard InChI is InChI=1S/C13H18O4/c1-10(13(15)16-2)12(14)9-17-8-11-6-4-3-5-7-11/h3-7,10,12,14H,8-9H2,1-2H3/t10-,12+/m0/s1. The number of hydrogen-bond acceptors (Lipinski definition) is 4. The fourth-order valence-corrected chi connectivity index (χ4v) is 1.36.